The first-order chi connectivity index (χ1) is 13.5. The highest BCUT2D eigenvalue weighted by Gasteiger charge is 2.37. The van der Waals surface area contributed by atoms with Gasteiger partial charge in [-0.15, -0.1) is 22.7 Å². The summed E-state index contributed by atoms with van der Waals surface area (Å²) in [7, 11) is 0. The van der Waals surface area contributed by atoms with E-state index in [1.807, 2.05) is 117 Å². The summed E-state index contributed by atoms with van der Waals surface area (Å²) in [5.74, 6) is 0. The van der Waals surface area contributed by atoms with Gasteiger partial charge < -0.3 is 0 Å². The molecule has 28 heavy (non-hydrogen) atoms. The molecule has 4 aliphatic rings. The first-order valence-corrected chi connectivity index (χ1v) is 16.5. The second-order valence-electron chi connectivity index (χ2n) is 6.29. The van der Waals surface area contributed by atoms with Crippen LogP contribution in [0.1, 0.15) is 19.5 Å². The monoisotopic (exact) mass is 548 g/mol. The standard InChI is InChI=1S/C18H12S10/c1-5-9-10(6(2)19-5)22-14-13(21-9)25-17(26-14)18-27-15-16(28-18)24-12-8(4)20-7(3)11(12)23-15/h1-4H3. The van der Waals surface area contributed by atoms with E-state index in [9.17, 15) is 0 Å². The van der Waals surface area contributed by atoms with Crippen molar-refractivity contribution >= 4 is 117 Å². The fraction of sp³-hybridized carbons (Fsp3) is 0.222. The molecular formula is C18H12S10. The molecule has 0 nitrogen and oxygen atoms in total. The lowest BCUT2D eigenvalue weighted by Crippen LogP contribution is -1.83. The fourth-order valence-electron chi connectivity index (χ4n) is 3.09. The number of rotatable bonds is 0. The summed E-state index contributed by atoms with van der Waals surface area (Å²) in [6.07, 6.45) is 0. The predicted molar refractivity (Wildman–Crippen MR) is 142 cm³/mol. The lowest BCUT2D eigenvalue weighted by Gasteiger charge is -2.13. The van der Waals surface area contributed by atoms with E-state index < -0.39 is 0 Å². The van der Waals surface area contributed by atoms with Gasteiger partial charge in [0.15, 0.2) is 0 Å². The van der Waals surface area contributed by atoms with Crippen molar-refractivity contribution in [1.29, 1.82) is 0 Å². The van der Waals surface area contributed by atoms with Crippen molar-refractivity contribution in [2.24, 2.45) is 0 Å². The largest absolute Gasteiger partial charge is 0.144 e. The molecule has 144 valence electrons. The summed E-state index contributed by atoms with van der Waals surface area (Å²) in [6.45, 7) is 9.05. The molecule has 4 aliphatic heterocycles. The van der Waals surface area contributed by atoms with E-state index >= 15 is 0 Å². The Morgan fingerprint density at radius 3 is 0.786 bits per heavy atom. The second kappa shape index (κ2) is 7.49. The van der Waals surface area contributed by atoms with Gasteiger partial charge in [0.25, 0.3) is 0 Å². The molecule has 0 bridgehead atoms. The van der Waals surface area contributed by atoms with E-state index in [0.717, 1.165) is 0 Å². The zero-order valence-corrected chi connectivity index (χ0v) is 23.2. The summed E-state index contributed by atoms with van der Waals surface area (Å²) < 4.78 is 8.92. The van der Waals surface area contributed by atoms with Gasteiger partial charge >= 0.3 is 0 Å². The van der Waals surface area contributed by atoms with E-state index in [0.29, 0.717) is 0 Å². The van der Waals surface area contributed by atoms with Crippen LogP contribution in [0.25, 0.3) is 0 Å². The number of fused-ring (bicyclic) bond motifs is 2. The Bertz CT molecular complexity index is 984. The van der Waals surface area contributed by atoms with E-state index in [1.54, 1.807) is 0 Å². The molecule has 2 aromatic rings. The van der Waals surface area contributed by atoms with E-state index in [2.05, 4.69) is 27.7 Å². The maximum atomic E-state index is 2.26. The summed E-state index contributed by atoms with van der Waals surface area (Å²) >= 11 is 19.8. The van der Waals surface area contributed by atoms with Crippen molar-refractivity contribution in [1.82, 2.24) is 0 Å². The molecule has 10 heteroatoms. The normalized spacial score (nSPS) is 20.7. The van der Waals surface area contributed by atoms with Crippen molar-refractivity contribution < 1.29 is 0 Å². The van der Waals surface area contributed by atoms with Gasteiger partial charge in [0, 0.05) is 39.1 Å². The highest BCUT2D eigenvalue weighted by Crippen LogP contribution is 2.72. The van der Waals surface area contributed by atoms with Crippen LogP contribution in [0.4, 0.5) is 0 Å². The predicted octanol–water partition coefficient (Wildman–Crippen LogP) is 10.5. The molecule has 0 aromatic carbocycles. The Balaban J connectivity index is 1.25. The molecule has 6 rings (SSSR count). The molecule has 0 aliphatic carbocycles. The average molecular weight is 549 g/mol. The topological polar surface area (TPSA) is 0 Å². The lowest BCUT2D eigenvalue weighted by atomic mass is 10.4. The van der Waals surface area contributed by atoms with E-state index in [4.69, 9.17) is 0 Å². The molecule has 0 radical (unpaired) electrons. The fourth-order valence-corrected chi connectivity index (χ4v) is 18.2. The van der Waals surface area contributed by atoms with Crippen LogP contribution in [0, 0.1) is 27.7 Å². The summed E-state index contributed by atoms with van der Waals surface area (Å²) in [4.78, 5) is 11.9. The van der Waals surface area contributed by atoms with E-state index in [1.165, 1.54) is 64.5 Å². The number of hydrogen-bond acceptors (Lipinski definition) is 10. The average Bonchev–Trinajstić information content (AvgIpc) is 3.39. The van der Waals surface area contributed by atoms with Gasteiger partial charge in [-0.3, -0.25) is 0 Å². The summed E-state index contributed by atoms with van der Waals surface area (Å²) in [6, 6.07) is 0. The highest BCUT2D eigenvalue weighted by molar-refractivity contribution is 8.45. The zero-order chi connectivity index (χ0) is 19.2. The van der Waals surface area contributed by atoms with Crippen molar-refractivity contribution in [3.8, 4) is 0 Å². The third-order valence-corrected chi connectivity index (χ3v) is 19.2. The SMILES string of the molecule is Cc1sc(C)c2c1SC1=C(SC(=C3SC4=C(S3)Sc3c(C)sc(C)c3S4)S1)S2. The molecule has 0 unspecified atom stereocenters. The zero-order valence-electron chi connectivity index (χ0n) is 15.1. The minimum atomic E-state index is 1.47. The van der Waals surface area contributed by atoms with Crippen LogP contribution >= 0.6 is 117 Å². The van der Waals surface area contributed by atoms with Crippen LogP contribution in [0.3, 0.4) is 0 Å². The van der Waals surface area contributed by atoms with Crippen LogP contribution in [0.15, 0.2) is 45.0 Å². The van der Waals surface area contributed by atoms with Gasteiger partial charge in [-0.2, -0.15) is 0 Å². The molecule has 0 atom stereocenters. The molecule has 2 aromatic heterocycles. The Morgan fingerprint density at radius 2 is 0.536 bits per heavy atom. The molecule has 0 saturated carbocycles. The minimum Gasteiger partial charge on any atom is -0.144 e. The minimum absolute atomic E-state index is 1.47. The number of thiophene rings is 2. The number of thioether (sulfide) groups is 8. The molecule has 6 heterocycles. The Kier molecular flexibility index (Phi) is 5.36. The van der Waals surface area contributed by atoms with Crippen LogP contribution in [0.2, 0.25) is 0 Å². The van der Waals surface area contributed by atoms with Gasteiger partial charge in [0.1, 0.15) is 0 Å². The molecule has 0 spiro atoms. The maximum absolute atomic E-state index is 2.26. The van der Waals surface area contributed by atoms with Crippen molar-refractivity contribution in [3.05, 3.63) is 44.9 Å². The third kappa shape index (κ3) is 3.19. The van der Waals surface area contributed by atoms with Crippen LogP contribution in [-0.4, -0.2) is 0 Å². The van der Waals surface area contributed by atoms with E-state index in [-0.39, 0.29) is 0 Å². The summed E-state index contributed by atoms with van der Waals surface area (Å²) in [5, 5.41) is 0. The van der Waals surface area contributed by atoms with Crippen molar-refractivity contribution in [3.63, 3.8) is 0 Å². The van der Waals surface area contributed by atoms with Crippen LogP contribution in [0.5, 0.6) is 0 Å². The maximum Gasteiger partial charge on any atom is 0.0718 e. The second-order valence-corrected chi connectivity index (χ2v) is 18.9. The summed E-state index contributed by atoms with van der Waals surface area (Å²) in [5.41, 5.74) is 0. The number of hydrogen-bond donors (Lipinski definition) is 0. The Hall–Kier alpha value is 1.42. The van der Waals surface area contributed by atoms with Gasteiger partial charge in [0.2, 0.25) is 0 Å². The van der Waals surface area contributed by atoms with Crippen LogP contribution < -0.4 is 0 Å². The molecule has 0 saturated heterocycles. The first kappa shape index (κ1) is 20.1. The van der Waals surface area contributed by atoms with Crippen molar-refractivity contribution in [2.45, 2.75) is 47.3 Å². The van der Waals surface area contributed by atoms with Crippen molar-refractivity contribution in [2.75, 3.05) is 0 Å². The molecule has 0 fully saturated rings. The van der Waals surface area contributed by atoms with Gasteiger partial charge in [-0.25, -0.2) is 0 Å². The van der Waals surface area contributed by atoms with Crippen LogP contribution in [-0.2, 0) is 0 Å². The molecule has 0 N–H and O–H groups in total. The number of aryl methyl sites for hydroxylation is 4. The quantitative estimate of drug-likeness (QED) is 0.315. The first-order valence-electron chi connectivity index (χ1n) is 8.33. The van der Waals surface area contributed by atoms with Gasteiger partial charge in [0.05, 0.1) is 25.4 Å². The third-order valence-electron chi connectivity index (χ3n) is 4.32. The van der Waals surface area contributed by atoms with Gasteiger partial charge in [-0.1, -0.05) is 94.1 Å². The van der Waals surface area contributed by atoms with Gasteiger partial charge in [-0.05, 0) is 27.7 Å². The highest BCUT2D eigenvalue weighted by atomic mass is 32.3. The Labute approximate surface area is 206 Å². The molecule has 0 amide bonds. The molecular weight excluding hydrogens is 537 g/mol. The smallest absolute Gasteiger partial charge is 0.0718 e. The lowest BCUT2D eigenvalue weighted by molar-refractivity contribution is 1.23. The Morgan fingerprint density at radius 1 is 0.321 bits per heavy atom.